The molecule has 2 nitrogen and oxygen atoms in total. The van der Waals surface area contributed by atoms with Gasteiger partial charge in [0.05, 0.1) is 12.2 Å². The van der Waals surface area contributed by atoms with Crippen molar-refractivity contribution in [2.75, 3.05) is 0 Å². The summed E-state index contributed by atoms with van der Waals surface area (Å²) in [4.78, 5) is 0. The van der Waals surface area contributed by atoms with Crippen LogP contribution in [0.5, 0.6) is 0 Å². The summed E-state index contributed by atoms with van der Waals surface area (Å²) in [5.74, 6) is 0. The molecular formula is C5H10O2Y. The van der Waals surface area contributed by atoms with Crippen LogP contribution in [0.1, 0.15) is 19.3 Å². The predicted molar refractivity (Wildman–Crippen MR) is 25.9 cm³/mol. The van der Waals surface area contributed by atoms with E-state index in [1.807, 2.05) is 0 Å². The first-order valence-corrected chi connectivity index (χ1v) is 2.67. The SMILES string of the molecule is OC1CCCC1O.[Y]. The van der Waals surface area contributed by atoms with Gasteiger partial charge in [0.25, 0.3) is 0 Å². The Morgan fingerprint density at radius 2 is 1.38 bits per heavy atom. The van der Waals surface area contributed by atoms with E-state index in [1.54, 1.807) is 0 Å². The Morgan fingerprint density at radius 3 is 1.50 bits per heavy atom. The zero-order valence-electron chi connectivity index (χ0n) is 4.75. The standard InChI is InChI=1S/C5H10O2.Y/c6-4-2-1-3-5(4)7;/h4-7H,1-3H2;. The molecule has 0 bridgehead atoms. The van der Waals surface area contributed by atoms with Crippen molar-refractivity contribution in [3.63, 3.8) is 0 Å². The van der Waals surface area contributed by atoms with Crippen LogP contribution in [0.15, 0.2) is 0 Å². The van der Waals surface area contributed by atoms with E-state index < -0.39 is 12.2 Å². The molecule has 0 heterocycles. The number of rotatable bonds is 0. The molecule has 0 aromatic heterocycles. The largest absolute Gasteiger partial charge is 0.390 e. The minimum atomic E-state index is -0.431. The summed E-state index contributed by atoms with van der Waals surface area (Å²) >= 11 is 0. The fourth-order valence-corrected chi connectivity index (χ4v) is 0.921. The summed E-state index contributed by atoms with van der Waals surface area (Å²) in [7, 11) is 0. The van der Waals surface area contributed by atoms with Gasteiger partial charge in [-0.05, 0) is 19.3 Å². The van der Waals surface area contributed by atoms with Gasteiger partial charge in [0.2, 0.25) is 0 Å². The molecule has 45 valence electrons. The Labute approximate surface area is 74.2 Å². The van der Waals surface area contributed by atoms with E-state index >= 15 is 0 Å². The Hall–Kier alpha value is 1.02. The van der Waals surface area contributed by atoms with Crippen molar-refractivity contribution in [1.82, 2.24) is 0 Å². The molecule has 1 rings (SSSR count). The average molecular weight is 191 g/mol. The van der Waals surface area contributed by atoms with Crippen LogP contribution in [-0.4, -0.2) is 22.4 Å². The molecule has 1 fully saturated rings. The molecule has 0 spiro atoms. The molecule has 0 aromatic rings. The van der Waals surface area contributed by atoms with Crippen LogP contribution >= 0.6 is 0 Å². The van der Waals surface area contributed by atoms with Gasteiger partial charge < -0.3 is 10.2 Å². The number of aliphatic hydroxyl groups excluding tert-OH is 2. The number of hydrogen-bond donors (Lipinski definition) is 2. The maximum absolute atomic E-state index is 8.75. The number of aliphatic hydroxyl groups is 2. The van der Waals surface area contributed by atoms with Gasteiger partial charge in [-0.3, -0.25) is 0 Å². The maximum atomic E-state index is 8.75. The van der Waals surface area contributed by atoms with Crippen molar-refractivity contribution in [3.8, 4) is 0 Å². The average Bonchev–Trinajstić information content (AvgIpc) is 1.91. The van der Waals surface area contributed by atoms with Gasteiger partial charge in [-0.25, -0.2) is 0 Å². The normalized spacial score (nSPS) is 36.8. The van der Waals surface area contributed by atoms with Crippen molar-refractivity contribution in [3.05, 3.63) is 0 Å². The van der Waals surface area contributed by atoms with Gasteiger partial charge in [0.15, 0.2) is 0 Å². The van der Waals surface area contributed by atoms with Crippen LogP contribution < -0.4 is 0 Å². The topological polar surface area (TPSA) is 40.5 Å². The molecular weight excluding hydrogens is 181 g/mol. The Morgan fingerprint density at radius 1 is 1.00 bits per heavy atom. The molecule has 1 radical (unpaired) electrons. The quantitative estimate of drug-likeness (QED) is 0.560. The van der Waals surface area contributed by atoms with Gasteiger partial charge in [-0.2, -0.15) is 0 Å². The summed E-state index contributed by atoms with van der Waals surface area (Å²) < 4.78 is 0. The molecule has 2 N–H and O–H groups in total. The minimum Gasteiger partial charge on any atom is -0.390 e. The van der Waals surface area contributed by atoms with Crippen molar-refractivity contribution in [2.45, 2.75) is 31.5 Å². The molecule has 1 aliphatic rings. The van der Waals surface area contributed by atoms with E-state index in [0.29, 0.717) is 0 Å². The fraction of sp³-hybridized carbons (Fsp3) is 1.00. The number of hydrogen-bond acceptors (Lipinski definition) is 2. The van der Waals surface area contributed by atoms with E-state index in [1.165, 1.54) is 0 Å². The van der Waals surface area contributed by atoms with Crippen LogP contribution in [0.4, 0.5) is 0 Å². The van der Waals surface area contributed by atoms with Crippen LogP contribution in [0.2, 0.25) is 0 Å². The van der Waals surface area contributed by atoms with Crippen LogP contribution in [0.25, 0.3) is 0 Å². The summed E-state index contributed by atoms with van der Waals surface area (Å²) in [6.07, 6.45) is 1.67. The van der Waals surface area contributed by atoms with Gasteiger partial charge >= 0.3 is 0 Å². The van der Waals surface area contributed by atoms with Gasteiger partial charge in [0, 0.05) is 32.7 Å². The summed E-state index contributed by atoms with van der Waals surface area (Å²) in [6.45, 7) is 0. The summed E-state index contributed by atoms with van der Waals surface area (Å²) in [5.41, 5.74) is 0. The Balaban J connectivity index is 0.000000490. The van der Waals surface area contributed by atoms with Crippen LogP contribution in [0.3, 0.4) is 0 Å². The molecule has 3 heteroatoms. The monoisotopic (exact) mass is 191 g/mol. The van der Waals surface area contributed by atoms with Crippen LogP contribution in [0, 0.1) is 0 Å². The molecule has 0 aromatic carbocycles. The zero-order valence-corrected chi connectivity index (χ0v) is 7.59. The summed E-state index contributed by atoms with van der Waals surface area (Å²) in [6, 6.07) is 0. The summed E-state index contributed by atoms with van der Waals surface area (Å²) in [5, 5.41) is 17.5. The van der Waals surface area contributed by atoms with Crippen molar-refractivity contribution < 1.29 is 42.9 Å². The smallest absolute Gasteiger partial charge is 0.0799 e. The molecule has 8 heavy (non-hydrogen) atoms. The Kier molecular flexibility index (Phi) is 4.44. The molecule has 0 saturated heterocycles. The predicted octanol–water partition coefficient (Wildman–Crippen LogP) is -0.110. The second-order valence-corrected chi connectivity index (χ2v) is 2.07. The third-order valence-corrected chi connectivity index (χ3v) is 1.44. The first kappa shape index (κ1) is 9.02. The van der Waals surface area contributed by atoms with Crippen molar-refractivity contribution in [1.29, 1.82) is 0 Å². The molecule has 1 aliphatic carbocycles. The van der Waals surface area contributed by atoms with Gasteiger partial charge in [-0.15, -0.1) is 0 Å². The van der Waals surface area contributed by atoms with E-state index in [2.05, 4.69) is 0 Å². The van der Waals surface area contributed by atoms with Crippen LogP contribution in [-0.2, 0) is 32.7 Å². The second-order valence-electron chi connectivity index (χ2n) is 2.07. The molecule has 2 atom stereocenters. The van der Waals surface area contributed by atoms with Crippen molar-refractivity contribution >= 4 is 0 Å². The zero-order chi connectivity index (χ0) is 5.28. The van der Waals surface area contributed by atoms with E-state index in [-0.39, 0.29) is 32.7 Å². The van der Waals surface area contributed by atoms with E-state index in [4.69, 9.17) is 10.2 Å². The molecule has 1 saturated carbocycles. The fourth-order valence-electron chi connectivity index (χ4n) is 0.921. The molecule has 2 unspecified atom stereocenters. The first-order chi connectivity index (χ1) is 3.30. The molecule has 0 amide bonds. The first-order valence-electron chi connectivity index (χ1n) is 2.67. The van der Waals surface area contributed by atoms with Crippen molar-refractivity contribution in [2.24, 2.45) is 0 Å². The van der Waals surface area contributed by atoms with E-state index in [9.17, 15) is 0 Å². The maximum Gasteiger partial charge on any atom is 0.0799 e. The molecule has 0 aliphatic heterocycles. The van der Waals surface area contributed by atoms with Gasteiger partial charge in [-0.1, -0.05) is 0 Å². The minimum absolute atomic E-state index is 0. The third-order valence-electron chi connectivity index (χ3n) is 1.44. The third kappa shape index (κ3) is 2.10. The van der Waals surface area contributed by atoms with Gasteiger partial charge in [0.1, 0.15) is 0 Å². The second kappa shape index (κ2) is 3.94. The van der Waals surface area contributed by atoms with E-state index in [0.717, 1.165) is 19.3 Å². The Bertz CT molecular complexity index is 59.4.